The summed E-state index contributed by atoms with van der Waals surface area (Å²) >= 11 is 3.52. The summed E-state index contributed by atoms with van der Waals surface area (Å²) in [4.78, 5) is 13.1. The number of anilines is 1. The second-order valence-corrected chi connectivity index (χ2v) is 8.59. The van der Waals surface area contributed by atoms with E-state index in [2.05, 4.69) is 65.0 Å². The minimum Gasteiger partial charge on any atom is -0.463 e. The predicted molar refractivity (Wildman–Crippen MR) is 115 cm³/mol. The fourth-order valence-corrected chi connectivity index (χ4v) is 4.75. The van der Waals surface area contributed by atoms with E-state index in [1.165, 1.54) is 17.3 Å². The van der Waals surface area contributed by atoms with E-state index < -0.39 is 5.72 Å². The van der Waals surface area contributed by atoms with Crippen molar-refractivity contribution in [3.05, 3.63) is 69.8 Å². The van der Waals surface area contributed by atoms with Crippen LogP contribution in [0.15, 0.2) is 48.5 Å². The van der Waals surface area contributed by atoms with Crippen LogP contribution in [0.2, 0.25) is 0 Å². The number of nitro benzene ring substituents is 1. The number of fused-ring (bicyclic) bond motifs is 2. The monoisotopic (exact) mass is 442 g/mol. The van der Waals surface area contributed by atoms with Crippen LogP contribution in [0.5, 0.6) is 5.75 Å². The lowest BCUT2D eigenvalue weighted by molar-refractivity contribution is -0.384. The molecule has 2 aliphatic heterocycles. The van der Waals surface area contributed by atoms with Crippen LogP contribution in [0.1, 0.15) is 37.8 Å². The van der Waals surface area contributed by atoms with Gasteiger partial charge in [-0.1, -0.05) is 34.1 Å². The van der Waals surface area contributed by atoms with E-state index in [0.717, 1.165) is 30.3 Å². The first-order valence-corrected chi connectivity index (χ1v) is 10.6. The summed E-state index contributed by atoms with van der Waals surface area (Å²) in [5.41, 5.74) is 2.32. The van der Waals surface area contributed by atoms with Crippen molar-refractivity contribution in [3.63, 3.8) is 0 Å². The number of hydrogen-bond donors (Lipinski definition) is 0. The Hall–Kier alpha value is -2.34. The van der Waals surface area contributed by atoms with Crippen LogP contribution in [0.4, 0.5) is 11.4 Å². The van der Waals surface area contributed by atoms with Crippen LogP contribution in [0.25, 0.3) is 6.08 Å². The van der Waals surface area contributed by atoms with Gasteiger partial charge in [-0.25, -0.2) is 0 Å². The highest BCUT2D eigenvalue weighted by Crippen LogP contribution is 2.55. The molecule has 2 heterocycles. The Morgan fingerprint density at radius 2 is 1.96 bits per heavy atom. The lowest BCUT2D eigenvalue weighted by Gasteiger charge is -2.47. The van der Waals surface area contributed by atoms with Crippen LogP contribution in [-0.2, 0) is 5.41 Å². The van der Waals surface area contributed by atoms with Crippen molar-refractivity contribution in [1.29, 1.82) is 0 Å². The van der Waals surface area contributed by atoms with Crippen molar-refractivity contribution >= 4 is 33.4 Å². The smallest absolute Gasteiger partial charge is 0.270 e. The summed E-state index contributed by atoms with van der Waals surface area (Å²) in [5.74, 6) is 0.680. The molecule has 0 fully saturated rings. The molecule has 2 aromatic carbocycles. The van der Waals surface area contributed by atoms with Crippen LogP contribution in [0, 0.1) is 10.1 Å². The van der Waals surface area contributed by atoms with E-state index in [1.807, 2.05) is 6.08 Å². The Kier molecular flexibility index (Phi) is 4.70. The first kappa shape index (κ1) is 19.0. The van der Waals surface area contributed by atoms with Gasteiger partial charge in [0.1, 0.15) is 5.75 Å². The fourth-order valence-electron chi connectivity index (χ4n) is 4.36. The minimum absolute atomic E-state index is 0.0751. The molecule has 0 saturated heterocycles. The predicted octanol–water partition coefficient (Wildman–Crippen LogP) is 5.67. The number of rotatable bonds is 5. The number of ether oxygens (including phenoxy) is 1. The molecular formula is C22H23BrN2O3. The highest BCUT2D eigenvalue weighted by Gasteiger charge is 2.58. The quantitative estimate of drug-likeness (QED) is 0.259. The van der Waals surface area contributed by atoms with Gasteiger partial charge in [0.25, 0.3) is 5.69 Å². The topological polar surface area (TPSA) is 55.6 Å². The molecular weight excluding hydrogens is 420 g/mol. The van der Waals surface area contributed by atoms with E-state index in [-0.39, 0.29) is 16.0 Å². The summed E-state index contributed by atoms with van der Waals surface area (Å²) in [5, 5.41) is 12.1. The summed E-state index contributed by atoms with van der Waals surface area (Å²) in [6.07, 6.45) is 6.17. The second kappa shape index (κ2) is 6.92. The molecule has 28 heavy (non-hydrogen) atoms. The number of alkyl halides is 1. The van der Waals surface area contributed by atoms with Gasteiger partial charge < -0.3 is 9.64 Å². The Bertz CT molecular complexity index is 957. The van der Waals surface area contributed by atoms with Crippen LogP contribution in [-0.4, -0.2) is 22.5 Å². The molecule has 0 bridgehead atoms. The molecule has 4 rings (SSSR count). The molecule has 2 aromatic rings. The summed E-state index contributed by atoms with van der Waals surface area (Å²) in [7, 11) is 0. The molecule has 0 radical (unpaired) electrons. The Morgan fingerprint density at radius 3 is 2.71 bits per heavy atom. The third-order valence-corrected chi connectivity index (χ3v) is 6.45. The van der Waals surface area contributed by atoms with Crippen molar-refractivity contribution in [2.75, 3.05) is 16.8 Å². The number of nitro groups is 1. The van der Waals surface area contributed by atoms with Crippen molar-refractivity contribution in [3.8, 4) is 5.75 Å². The highest BCUT2D eigenvalue weighted by molar-refractivity contribution is 9.09. The number of para-hydroxylation sites is 1. The van der Waals surface area contributed by atoms with Crippen LogP contribution < -0.4 is 9.64 Å². The molecule has 0 amide bonds. The molecule has 1 unspecified atom stereocenters. The van der Waals surface area contributed by atoms with Crippen molar-refractivity contribution in [2.24, 2.45) is 0 Å². The number of hydrogen-bond acceptors (Lipinski definition) is 4. The lowest BCUT2D eigenvalue weighted by atomic mass is 9.76. The average molecular weight is 443 g/mol. The van der Waals surface area contributed by atoms with Crippen LogP contribution >= 0.6 is 15.9 Å². The standard InChI is InChI=1S/C22H23BrN2O3/c1-21(2)18-7-3-4-8-19(18)24(14-6-5-13-23)22(21)12-11-16-15-17(25(26)27)9-10-20(16)28-22/h3-4,7-12,15H,5-6,13-14H2,1-2H3. The van der Waals surface area contributed by atoms with Crippen molar-refractivity contribution in [2.45, 2.75) is 37.8 Å². The van der Waals surface area contributed by atoms with E-state index >= 15 is 0 Å². The molecule has 0 aromatic heterocycles. The van der Waals surface area contributed by atoms with Gasteiger partial charge in [0, 0.05) is 35.3 Å². The third kappa shape index (κ3) is 2.73. The summed E-state index contributed by atoms with van der Waals surface area (Å²) < 4.78 is 6.66. The number of unbranched alkanes of at least 4 members (excludes halogenated alkanes) is 1. The third-order valence-electron chi connectivity index (χ3n) is 5.89. The first-order chi connectivity index (χ1) is 13.4. The summed E-state index contributed by atoms with van der Waals surface area (Å²) in [6.45, 7) is 5.28. The summed E-state index contributed by atoms with van der Waals surface area (Å²) in [6, 6.07) is 13.3. The zero-order valence-corrected chi connectivity index (χ0v) is 17.6. The zero-order valence-electron chi connectivity index (χ0n) is 16.0. The first-order valence-electron chi connectivity index (χ1n) is 9.50. The molecule has 0 N–H and O–H groups in total. The Labute approximate surface area is 173 Å². The van der Waals surface area contributed by atoms with Gasteiger partial charge >= 0.3 is 0 Å². The Balaban J connectivity index is 1.80. The molecule has 0 aliphatic carbocycles. The number of benzene rings is 2. The molecule has 1 atom stereocenters. The Morgan fingerprint density at radius 1 is 1.18 bits per heavy atom. The molecule has 6 heteroatoms. The zero-order chi connectivity index (χ0) is 19.9. The molecule has 146 valence electrons. The van der Waals surface area contributed by atoms with Crippen LogP contribution in [0.3, 0.4) is 0 Å². The number of non-ortho nitro benzene ring substituents is 1. The fraction of sp³-hybridized carbons (Fsp3) is 0.364. The van der Waals surface area contributed by atoms with Crippen molar-refractivity contribution in [1.82, 2.24) is 0 Å². The van der Waals surface area contributed by atoms with E-state index in [0.29, 0.717) is 5.75 Å². The van der Waals surface area contributed by atoms with Gasteiger partial charge in [-0.05, 0) is 56.5 Å². The molecule has 1 spiro atoms. The minimum atomic E-state index is -0.661. The molecule has 5 nitrogen and oxygen atoms in total. The van der Waals surface area contributed by atoms with Gasteiger partial charge in [0.05, 0.1) is 10.3 Å². The molecule has 0 saturated carbocycles. The largest absolute Gasteiger partial charge is 0.463 e. The average Bonchev–Trinajstić information content (AvgIpc) is 2.86. The van der Waals surface area contributed by atoms with Crippen molar-refractivity contribution < 1.29 is 9.66 Å². The van der Waals surface area contributed by atoms with Gasteiger partial charge in [-0.2, -0.15) is 0 Å². The normalized spacial score (nSPS) is 21.3. The lowest BCUT2D eigenvalue weighted by Crippen LogP contribution is -2.59. The van der Waals surface area contributed by atoms with E-state index in [1.54, 1.807) is 12.1 Å². The highest BCUT2D eigenvalue weighted by atomic mass is 79.9. The van der Waals surface area contributed by atoms with Gasteiger partial charge in [0.15, 0.2) is 0 Å². The maximum Gasteiger partial charge on any atom is 0.270 e. The van der Waals surface area contributed by atoms with Gasteiger partial charge in [0.2, 0.25) is 5.72 Å². The maximum absolute atomic E-state index is 11.1. The van der Waals surface area contributed by atoms with Gasteiger partial charge in [-0.3, -0.25) is 10.1 Å². The molecule has 2 aliphatic rings. The van der Waals surface area contributed by atoms with Gasteiger partial charge in [-0.15, -0.1) is 0 Å². The van der Waals surface area contributed by atoms with E-state index in [9.17, 15) is 10.1 Å². The number of halogens is 1. The second-order valence-electron chi connectivity index (χ2n) is 7.80. The number of nitrogens with zero attached hydrogens (tertiary/aromatic N) is 2. The van der Waals surface area contributed by atoms with E-state index in [4.69, 9.17) is 4.74 Å². The maximum atomic E-state index is 11.1. The SMILES string of the molecule is CC1(C)c2ccccc2N(CCCCBr)C12C=Cc1cc([N+](=O)[O-])ccc1O2.